The monoisotopic (exact) mass is 288 g/mol. The molecule has 21 heavy (non-hydrogen) atoms. The summed E-state index contributed by atoms with van der Waals surface area (Å²) in [4.78, 5) is 14.5. The number of carbonyl (C=O) groups excluding carboxylic acids is 1. The molecule has 4 nitrogen and oxygen atoms in total. The normalized spacial score (nSPS) is 22.0. The van der Waals surface area contributed by atoms with Gasteiger partial charge in [0.25, 0.3) is 0 Å². The van der Waals surface area contributed by atoms with Crippen LogP contribution < -0.4 is 5.32 Å². The van der Waals surface area contributed by atoms with Crippen molar-refractivity contribution in [2.45, 2.75) is 50.8 Å². The molecule has 2 aliphatic rings. The molecular weight excluding hydrogens is 264 g/mol. The molecule has 3 rings (SSSR count). The van der Waals surface area contributed by atoms with Crippen molar-refractivity contribution in [3.8, 4) is 0 Å². The molecule has 0 aromatic heterocycles. The second kappa shape index (κ2) is 5.78. The van der Waals surface area contributed by atoms with Crippen molar-refractivity contribution >= 4 is 5.91 Å². The third-order valence-electron chi connectivity index (χ3n) is 4.96. The predicted molar refractivity (Wildman–Crippen MR) is 81.8 cm³/mol. The summed E-state index contributed by atoms with van der Waals surface area (Å²) in [6, 6.07) is 8.29. The molecular formula is C17H24N2O2. The van der Waals surface area contributed by atoms with Crippen molar-refractivity contribution in [1.82, 2.24) is 10.2 Å². The number of nitrogens with one attached hydrogen (secondary N) is 1. The first-order valence-corrected chi connectivity index (χ1v) is 7.88. The minimum atomic E-state index is -0.649. The lowest BCUT2D eigenvalue weighted by Crippen LogP contribution is -2.53. The first kappa shape index (κ1) is 14.5. The molecule has 1 heterocycles. The molecule has 1 aromatic rings. The van der Waals surface area contributed by atoms with E-state index >= 15 is 0 Å². The van der Waals surface area contributed by atoms with Crippen molar-refractivity contribution in [3.63, 3.8) is 0 Å². The fraction of sp³-hybridized carbons (Fsp3) is 0.588. The summed E-state index contributed by atoms with van der Waals surface area (Å²) in [5, 5.41) is 13.0. The SMILES string of the molecule is CC(C(=O)NCC1(O)CCC1)N1CCc2ccccc2C1. The van der Waals surface area contributed by atoms with Gasteiger partial charge in [-0.2, -0.15) is 0 Å². The maximum atomic E-state index is 12.3. The van der Waals surface area contributed by atoms with Gasteiger partial charge in [0.15, 0.2) is 0 Å². The van der Waals surface area contributed by atoms with E-state index in [0.29, 0.717) is 6.54 Å². The van der Waals surface area contributed by atoms with E-state index in [4.69, 9.17) is 0 Å². The second-order valence-electron chi connectivity index (χ2n) is 6.46. The van der Waals surface area contributed by atoms with E-state index in [2.05, 4.69) is 34.5 Å². The number of rotatable bonds is 4. The number of carbonyl (C=O) groups is 1. The largest absolute Gasteiger partial charge is 0.388 e. The number of aliphatic hydroxyl groups is 1. The highest BCUT2D eigenvalue weighted by Gasteiger charge is 2.35. The predicted octanol–water partition coefficient (Wildman–Crippen LogP) is 1.46. The van der Waals surface area contributed by atoms with E-state index in [9.17, 15) is 9.90 Å². The van der Waals surface area contributed by atoms with Crippen LogP contribution in [0.3, 0.4) is 0 Å². The summed E-state index contributed by atoms with van der Waals surface area (Å²) in [6.07, 6.45) is 3.67. The number of fused-ring (bicyclic) bond motifs is 1. The van der Waals surface area contributed by atoms with Gasteiger partial charge in [0.05, 0.1) is 11.6 Å². The Bertz CT molecular complexity index is 525. The summed E-state index contributed by atoms with van der Waals surface area (Å²) in [5.74, 6) is 0.0229. The van der Waals surface area contributed by atoms with E-state index in [-0.39, 0.29) is 11.9 Å². The fourth-order valence-electron chi connectivity index (χ4n) is 3.17. The Balaban J connectivity index is 1.55. The molecule has 0 spiro atoms. The molecule has 1 atom stereocenters. The quantitative estimate of drug-likeness (QED) is 0.882. The number of benzene rings is 1. The van der Waals surface area contributed by atoms with Crippen LogP contribution in [0, 0.1) is 0 Å². The Kier molecular flexibility index (Phi) is 4.00. The van der Waals surface area contributed by atoms with E-state index in [0.717, 1.165) is 38.8 Å². The van der Waals surface area contributed by atoms with E-state index in [1.807, 2.05) is 6.92 Å². The van der Waals surface area contributed by atoms with E-state index in [1.165, 1.54) is 11.1 Å². The molecule has 4 heteroatoms. The van der Waals surface area contributed by atoms with Gasteiger partial charge in [-0.1, -0.05) is 24.3 Å². The van der Waals surface area contributed by atoms with Gasteiger partial charge in [-0.25, -0.2) is 0 Å². The van der Waals surface area contributed by atoms with Crippen LogP contribution in [0.15, 0.2) is 24.3 Å². The molecule has 1 fully saturated rings. The van der Waals surface area contributed by atoms with Gasteiger partial charge in [-0.05, 0) is 43.7 Å². The highest BCUT2D eigenvalue weighted by molar-refractivity contribution is 5.81. The van der Waals surface area contributed by atoms with Gasteiger partial charge in [-0.3, -0.25) is 9.69 Å². The van der Waals surface area contributed by atoms with Crippen LogP contribution in [-0.4, -0.2) is 40.6 Å². The van der Waals surface area contributed by atoms with Crippen LogP contribution in [-0.2, 0) is 17.8 Å². The average Bonchev–Trinajstić information content (AvgIpc) is 2.49. The molecule has 0 bridgehead atoms. The molecule has 1 unspecified atom stereocenters. The summed E-state index contributed by atoms with van der Waals surface area (Å²) in [5.41, 5.74) is 2.07. The summed E-state index contributed by atoms with van der Waals surface area (Å²) in [7, 11) is 0. The number of hydrogen-bond acceptors (Lipinski definition) is 3. The third-order valence-corrected chi connectivity index (χ3v) is 4.96. The van der Waals surface area contributed by atoms with Gasteiger partial charge in [0.1, 0.15) is 0 Å². The van der Waals surface area contributed by atoms with Gasteiger partial charge >= 0.3 is 0 Å². The van der Waals surface area contributed by atoms with Gasteiger partial charge in [-0.15, -0.1) is 0 Å². The maximum Gasteiger partial charge on any atom is 0.237 e. The fourth-order valence-corrected chi connectivity index (χ4v) is 3.17. The first-order valence-electron chi connectivity index (χ1n) is 7.88. The van der Waals surface area contributed by atoms with Crippen molar-refractivity contribution < 1.29 is 9.90 Å². The minimum absolute atomic E-state index is 0.0229. The Morgan fingerprint density at radius 3 is 2.76 bits per heavy atom. The Morgan fingerprint density at radius 2 is 2.10 bits per heavy atom. The minimum Gasteiger partial charge on any atom is -0.388 e. The molecule has 2 N–H and O–H groups in total. The molecule has 1 aliphatic carbocycles. The van der Waals surface area contributed by atoms with Crippen LogP contribution in [0.2, 0.25) is 0 Å². The standard InChI is InChI=1S/C17H24N2O2/c1-13(16(20)18-12-17(21)8-4-9-17)19-10-7-14-5-2-3-6-15(14)11-19/h2-3,5-6,13,21H,4,7-12H2,1H3,(H,18,20). The van der Waals surface area contributed by atoms with E-state index < -0.39 is 5.60 Å². The molecule has 1 aromatic carbocycles. The molecule has 0 radical (unpaired) electrons. The highest BCUT2D eigenvalue weighted by Crippen LogP contribution is 2.30. The summed E-state index contributed by atoms with van der Waals surface area (Å²) in [6.45, 7) is 4.08. The van der Waals surface area contributed by atoms with Crippen molar-refractivity contribution in [3.05, 3.63) is 35.4 Å². The summed E-state index contributed by atoms with van der Waals surface area (Å²) < 4.78 is 0. The smallest absolute Gasteiger partial charge is 0.237 e. The Morgan fingerprint density at radius 1 is 1.38 bits per heavy atom. The van der Waals surface area contributed by atoms with Crippen molar-refractivity contribution in [2.24, 2.45) is 0 Å². The molecule has 0 saturated heterocycles. The maximum absolute atomic E-state index is 12.3. The molecule has 114 valence electrons. The molecule has 1 saturated carbocycles. The van der Waals surface area contributed by atoms with Crippen LogP contribution in [0.5, 0.6) is 0 Å². The van der Waals surface area contributed by atoms with Crippen molar-refractivity contribution in [2.75, 3.05) is 13.1 Å². The second-order valence-corrected chi connectivity index (χ2v) is 6.46. The van der Waals surface area contributed by atoms with Crippen LogP contribution in [0.25, 0.3) is 0 Å². The van der Waals surface area contributed by atoms with E-state index in [1.54, 1.807) is 0 Å². The van der Waals surface area contributed by atoms with Gasteiger partial charge < -0.3 is 10.4 Å². The highest BCUT2D eigenvalue weighted by atomic mass is 16.3. The first-order chi connectivity index (χ1) is 10.1. The topological polar surface area (TPSA) is 52.6 Å². The lowest BCUT2D eigenvalue weighted by Gasteiger charge is -2.38. The third kappa shape index (κ3) is 3.11. The Hall–Kier alpha value is -1.39. The zero-order valence-electron chi connectivity index (χ0n) is 12.6. The average molecular weight is 288 g/mol. The van der Waals surface area contributed by atoms with Crippen LogP contribution in [0.1, 0.15) is 37.3 Å². The molecule has 1 aliphatic heterocycles. The molecule has 1 amide bonds. The number of nitrogens with zero attached hydrogens (tertiary/aromatic N) is 1. The lowest BCUT2D eigenvalue weighted by molar-refractivity contribution is -0.128. The van der Waals surface area contributed by atoms with Crippen LogP contribution >= 0.6 is 0 Å². The number of hydrogen-bond donors (Lipinski definition) is 2. The van der Waals surface area contributed by atoms with Gasteiger partial charge in [0, 0.05) is 19.6 Å². The lowest BCUT2D eigenvalue weighted by atomic mass is 9.80. The number of amides is 1. The van der Waals surface area contributed by atoms with Crippen molar-refractivity contribution in [1.29, 1.82) is 0 Å². The Labute approximate surface area is 126 Å². The van der Waals surface area contributed by atoms with Crippen LogP contribution in [0.4, 0.5) is 0 Å². The summed E-state index contributed by atoms with van der Waals surface area (Å²) >= 11 is 0. The zero-order valence-corrected chi connectivity index (χ0v) is 12.6. The zero-order chi connectivity index (χ0) is 14.9. The van der Waals surface area contributed by atoms with Gasteiger partial charge in [0.2, 0.25) is 5.91 Å².